The number of aromatic nitrogens is 2. The lowest BCUT2D eigenvalue weighted by molar-refractivity contribution is -0.133. The molecular weight excluding hydrogens is 308 g/mol. The fraction of sp³-hybridized carbons (Fsp3) is 0.769. The van der Waals surface area contributed by atoms with E-state index in [0.29, 0.717) is 31.3 Å². The molecule has 2 fully saturated rings. The third-order valence-corrected chi connectivity index (χ3v) is 5.82. The summed E-state index contributed by atoms with van der Waals surface area (Å²) in [5, 5.41) is 3.92. The van der Waals surface area contributed by atoms with Crippen molar-refractivity contribution in [2.75, 3.05) is 37.7 Å². The van der Waals surface area contributed by atoms with E-state index in [0.717, 1.165) is 12.8 Å². The Morgan fingerprint density at radius 2 is 2.05 bits per heavy atom. The number of carbonyl (C=O) groups excluding carboxylic acids is 1. The van der Waals surface area contributed by atoms with Gasteiger partial charge >= 0.3 is 0 Å². The second kappa shape index (κ2) is 5.96. The van der Waals surface area contributed by atoms with Crippen molar-refractivity contribution in [1.82, 2.24) is 19.9 Å². The van der Waals surface area contributed by atoms with Crippen LogP contribution in [0.1, 0.15) is 30.6 Å². The van der Waals surface area contributed by atoms with Crippen LogP contribution in [0.15, 0.2) is 4.52 Å². The molecule has 0 radical (unpaired) electrons. The molecule has 0 aromatic carbocycles. The van der Waals surface area contributed by atoms with Gasteiger partial charge in [-0.1, -0.05) is 5.16 Å². The lowest BCUT2D eigenvalue weighted by atomic mass is 10.2. The number of rotatable bonds is 3. The van der Waals surface area contributed by atoms with E-state index in [1.54, 1.807) is 11.8 Å². The largest absolute Gasteiger partial charge is 0.340 e. The highest BCUT2D eigenvalue weighted by molar-refractivity contribution is 7.91. The van der Waals surface area contributed by atoms with Crippen LogP contribution in [0.4, 0.5) is 0 Å². The van der Waals surface area contributed by atoms with E-state index in [1.165, 1.54) is 0 Å². The van der Waals surface area contributed by atoms with E-state index < -0.39 is 9.84 Å². The van der Waals surface area contributed by atoms with Crippen molar-refractivity contribution in [2.24, 2.45) is 0 Å². The molecule has 9 heteroatoms. The van der Waals surface area contributed by atoms with Crippen molar-refractivity contribution in [3.8, 4) is 0 Å². The molecule has 0 saturated carbocycles. The Hall–Kier alpha value is -1.48. The van der Waals surface area contributed by atoms with Crippen LogP contribution in [0.2, 0.25) is 0 Å². The molecule has 3 heterocycles. The minimum atomic E-state index is -2.92. The number of aryl methyl sites for hydroxylation is 1. The summed E-state index contributed by atoms with van der Waals surface area (Å²) in [6.07, 6.45) is 1.75. The van der Waals surface area contributed by atoms with E-state index in [4.69, 9.17) is 4.52 Å². The molecule has 0 spiro atoms. The second-order valence-electron chi connectivity index (χ2n) is 5.84. The molecule has 1 aromatic rings. The van der Waals surface area contributed by atoms with Crippen LogP contribution < -0.4 is 0 Å². The highest BCUT2D eigenvalue weighted by Crippen LogP contribution is 2.30. The molecule has 0 aliphatic carbocycles. The summed E-state index contributed by atoms with van der Waals surface area (Å²) in [4.78, 5) is 20.4. The smallest absolute Gasteiger partial charge is 0.237 e. The van der Waals surface area contributed by atoms with Crippen LogP contribution in [0.3, 0.4) is 0 Å². The molecular formula is C13H20N4O4S. The Morgan fingerprint density at radius 1 is 1.32 bits per heavy atom. The van der Waals surface area contributed by atoms with E-state index in [-0.39, 0.29) is 30.0 Å². The Balaban J connectivity index is 1.62. The average molecular weight is 328 g/mol. The average Bonchev–Trinajstić information content (AvgIpc) is 3.09. The predicted molar refractivity (Wildman–Crippen MR) is 77.8 cm³/mol. The first-order chi connectivity index (χ1) is 10.4. The Kier molecular flexibility index (Phi) is 4.18. The van der Waals surface area contributed by atoms with Crippen molar-refractivity contribution >= 4 is 15.7 Å². The molecule has 122 valence electrons. The zero-order valence-corrected chi connectivity index (χ0v) is 13.4. The number of likely N-dealkylation sites (tertiary alicyclic amines) is 1. The first-order valence-electron chi connectivity index (χ1n) is 7.47. The van der Waals surface area contributed by atoms with Gasteiger partial charge in [0.25, 0.3) is 0 Å². The van der Waals surface area contributed by atoms with Gasteiger partial charge in [0.05, 0.1) is 24.1 Å². The van der Waals surface area contributed by atoms with Crippen LogP contribution in [0.25, 0.3) is 0 Å². The molecule has 3 rings (SSSR count). The van der Waals surface area contributed by atoms with E-state index in [9.17, 15) is 13.2 Å². The summed E-state index contributed by atoms with van der Waals surface area (Å²) in [6.45, 7) is 3.51. The normalized spacial score (nSPS) is 25.5. The number of nitrogens with zero attached hydrogens (tertiary/aromatic N) is 4. The molecule has 1 amide bonds. The minimum absolute atomic E-state index is 0.00394. The van der Waals surface area contributed by atoms with Crippen molar-refractivity contribution in [2.45, 2.75) is 25.8 Å². The Bertz CT molecular complexity index is 643. The first kappa shape index (κ1) is 15.4. The van der Waals surface area contributed by atoms with Crippen LogP contribution in [-0.2, 0) is 14.6 Å². The van der Waals surface area contributed by atoms with E-state index >= 15 is 0 Å². The van der Waals surface area contributed by atoms with Gasteiger partial charge in [0.1, 0.15) is 0 Å². The van der Waals surface area contributed by atoms with Gasteiger partial charge in [-0.05, 0) is 12.8 Å². The highest BCUT2D eigenvalue weighted by atomic mass is 32.2. The van der Waals surface area contributed by atoms with Gasteiger partial charge in [-0.3, -0.25) is 9.69 Å². The molecule has 1 atom stereocenters. The first-order valence-corrected chi connectivity index (χ1v) is 9.29. The van der Waals surface area contributed by atoms with Gasteiger partial charge in [-0.25, -0.2) is 8.42 Å². The van der Waals surface area contributed by atoms with Gasteiger partial charge in [0.15, 0.2) is 15.7 Å². The van der Waals surface area contributed by atoms with Crippen LogP contribution in [0.5, 0.6) is 0 Å². The number of carbonyl (C=O) groups is 1. The third kappa shape index (κ3) is 3.30. The van der Waals surface area contributed by atoms with Gasteiger partial charge in [0, 0.05) is 26.6 Å². The molecule has 8 nitrogen and oxygen atoms in total. The van der Waals surface area contributed by atoms with Gasteiger partial charge < -0.3 is 9.42 Å². The van der Waals surface area contributed by atoms with Crippen molar-refractivity contribution in [3.63, 3.8) is 0 Å². The molecule has 2 aliphatic heterocycles. The summed E-state index contributed by atoms with van der Waals surface area (Å²) in [5.41, 5.74) is 0. The summed E-state index contributed by atoms with van der Waals surface area (Å²) in [7, 11) is -2.92. The Morgan fingerprint density at radius 3 is 2.68 bits per heavy atom. The van der Waals surface area contributed by atoms with Crippen LogP contribution in [0, 0.1) is 6.92 Å². The summed E-state index contributed by atoms with van der Waals surface area (Å²) < 4.78 is 27.9. The topological polar surface area (TPSA) is 96.6 Å². The molecule has 2 aliphatic rings. The Labute approximate surface area is 129 Å². The van der Waals surface area contributed by atoms with Crippen LogP contribution >= 0.6 is 0 Å². The zero-order valence-electron chi connectivity index (χ0n) is 12.6. The predicted octanol–water partition coefficient (Wildman–Crippen LogP) is -0.228. The maximum absolute atomic E-state index is 12.5. The number of amides is 1. The molecule has 1 unspecified atom stereocenters. The molecule has 22 heavy (non-hydrogen) atoms. The number of sulfone groups is 1. The summed E-state index contributed by atoms with van der Waals surface area (Å²) >= 11 is 0. The fourth-order valence-corrected chi connectivity index (χ4v) is 4.25. The minimum Gasteiger partial charge on any atom is -0.340 e. The molecule has 2 saturated heterocycles. The second-order valence-corrected chi connectivity index (χ2v) is 8.15. The fourth-order valence-electron chi connectivity index (χ4n) is 2.97. The lowest BCUT2D eigenvalue weighted by Gasteiger charge is -2.29. The quantitative estimate of drug-likeness (QED) is 0.756. The van der Waals surface area contributed by atoms with Crippen molar-refractivity contribution < 1.29 is 17.7 Å². The van der Waals surface area contributed by atoms with Crippen molar-refractivity contribution in [1.29, 1.82) is 0 Å². The summed E-state index contributed by atoms with van der Waals surface area (Å²) in [5.74, 6) is 1.32. The van der Waals surface area contributed by atoms with E-state index in [1.807, 2.05) is 4.90 Å². The van der Waals surface area contributed by atoms with Crippen molar-refractivity contribution in [3.05, 3.63) is 11.7 Å². The summed E-state index contributed by atoms with van der Waals surface area (Å²) in [6, 6.07) is -0.126. The van der Waals surface area contributed by atoms with Gasteiger partial charge in [-0.2, -0.15) is 4.98 Å². The number of hydrogen-bond acceptors (Lipinski definition) is 7. The van der Waals surface area contributed by atoms with Gasteiger partial charge in [-0.15, -0.1) is 0 Å². The standard InChI is InChI=1S/C13H20N4O4S/c1-10-14-13(15-21-10)11-3-2-4-17(11)12(18)9-16-5-7-22(19,20)8-6-16/h11H,2-9H2,1H3. The highest BCUT2D eigenvalue weighted by Gasteiger charge is 2.34. The monoisotopic (exact) mass is 328 g/mol. The maximum Gasteiger partial charge on any atom is 0.237 e. The SMILES string of the molecule is Cc1nc(C2CCCN2C(=O)CN2CCS(=O)(=O)CC2)no1. The van der Waals surface area contributed by atoms with Crippen LogP contribution in [-0.4, -0.2) is 72.0 Å². The lowest BCUT2D eigenvalue weighted by Crippen LogP contribution is -2.46. The molecule has 0 N–H and O–H groups in total. The number of hydrogen-bond donors (Lipinski definition) is 0. The molecule has 1 aromatic heterocycles. The van der Waals surface area contributed by atoms with Gasteiger partial charge in [0.2, 0.25) is 11.8 Å². The third-order valence-electron chi connectivity index (χ3n) is 4.21. The maximum atomic E-state index is 12.5. The molecule has 0 bridgehead atoms. The zero-order chi connectivity index (χ0) is 15.7. The van der Waals surface area contributed by atoms with E-state index in [2.05, 4.69) is 10.1 Å².